The molecule has 2 heteroatoms. The lowest BCUT2D eigenvalue weighted by atomic mass is 9.79. The van der Waals surface area contributed by atoms with Gasteiger partial charge in [0.05, 0.1) is 0 Å². The van der Waals surface area contributed by atoms with Gasteiger partial charge in [0.25, 0.3) is 0 Å². The van der Waals surface area contributed by atoms with Crippen LogP contribution in [0.25, 0.3) is 0 Å². The Morgan fingerprint density at radius 2 is 2.07 bits per heavy atom. The molecule has 2 saturated carbocycles. The summed E-state index contributed by atoms with van der Waals surface area (Å²) in [6, 6.07) is 0.162. The van der Waals surface area contributed by atoms with Gasteiger partial charge in [-0.05, 0) is 37.5 Å². The molecule has 0 saturated heterocycles. The Bertz CT molecular complexity index is 235. The standard InChI is InChI=1S/C13H23NO/c1-9-3-2-4-11(7-9)13(15)8-12(14)10-5-6-10/h9-12H,2-8,14H2,1H3. The molecule has 2 aliphatic rings. The molecule has 2 nitrogen and oxygen atoms in total. The second-order valence-corrected chi connectivity index (χ2v) is 5.64. The van der Waals surface area contributed by atoms with Gasteiger partial charge in [0.1, 0.15) is 5.78 Å². The van der Waals surface area contributed by atoms with Crippen molar-refractivity contribution in [3.63, 3.8) is 0 Å². The van der Waals surface area contributed by atoms with E-state index in [1.54, 1.807) is 0 Å². The van der Waals surface area contributed by atoms with Crippen molar-refractivity contribution < 1.29 is 4.79 Å². The normalized spacial score (nSPS) is 33.7. The van der Waals surface area contributed by atoms with Crippen LogP contribution < -0.4 is 5.73 Å². The fourth-order valence-electron chi connectivity index (χ4n) is 2.82. The van der Waals surface area contributed by atoms with Crippen molar-refractivity contribution in [2.24, 2.45) is 23.5 Å². The van der Waals surface area contributed by atoms with Crippen molar-refractivity contribution in [1.29, 1.82) is 0 Å². The van der Waals surface area contributed by atoms with Gasteiger partial charge in [0, 0.05) is 18.4 Å². The summed E-state index contributed by atoms with van der Waals surface area (Å²) in [6.45, 7) is 2.26. The van der Waals surface area contributed by atoms with Gasteiger partial charge in [-0.1, -0.05) is 19.8 Å². The third kappa shape index (κ3) is 3.04. The van der Waals surface area contributed by atoms with Crippen LogP contribution >= 0.6 is 0 Å². The van der Waals surface area contributed by atoms with Gasteiger partial charge >= 0.3 is 0 Å². The van der Waals surface area contributed by atoms with E-state index >= 15 is 0 Å². The third-order valence-electron chi connectivity index (χ3n) is 4.06. The molecule has 0 aromatic heterocycles. The summed E-state index contributed by atoms with van der Waals surface area (Å²) in [5.41, 5.74) is 6.00. The highest BCUT2D eigenvalue weighted by Crippen LogP contribution is 2.35. The number of Topliss-reactive ketones (excluding diaryl/α,β-unsaturated/α-hetero) is 1. The van der Waals surface area contributed by atoms with E-state index in [1.807, 2.05) is 0 Å². The number of carbonyl (C=O) groups is 1. The lowest BCUT2D eigenvalue weighted by Gasteiger charge is -2.26. The van der Waals surface area contributed by atoms with Gasteiger partial charge in [0.15, 0.2) is 0 Å². The van der Waals surface area contributed by atoms with Crippen LogP contribution in [-0.4, -0.2) is 11.8 Å². The number of nitrogens with two attached hydrogens (primary N) is 1. The first-order valence-corrected chi connectivity index (χ1v) is 6.45. The van der Waals surface area contributed by atoms with Crippen molar-refractivity contribution in [3.8, 4) is 0 Å². The molecule has 3 unspecified atom stereocenters. The molecule has 2 N–H and O–H groups in total. The zero-order chi connectivity index (χ0) is 10.8. The van der Waals surface area contributed by atoms with Gasteiger partial charge in [-0.15, -0.1) is 0 Å². The summed E-state index contributed by atoms with van der Waals surface area (Å²) in [5.74, 6) is 2.18. The Hall–Kier alpha value is -0.370. The topological polar surface area (TPSA) is 43.1 Å². The summed E-state index contributed by atoms with van der Waals surface area (Å²) < 4.78 is 0. The van der Waals surface area contributed by atoms with Gasteiger partial charge in [-0.25, -0.2) is 0 Å². The molecule has 2 rings (SSSR count). The van der Waals surface area contributed by atoms with Crippen LogP contribution in [0.15, 0.2) is 0 Å². The fourth-order valence-corrected chi connectivity index (χ4v) is 2.82. The predicted molar refractivity (Wildman–Crippen MR) is 61.4 cm³/mol. The summed E-state index contributed by atoms with van der Waals surface area (Å²) in [7, 11) is 0. The number of hydrogen-bond acceptors (Lipinski definition) is 2. The summed E-state index contributed by atoms with van der Waals surface area (Å²) in [5, 5.41) is 0. The van der Waals surface area contributed by atoms with E-state index in [9.17, 15) is 4.79 Å². The van der Waals surface area contributed by atoms with E-state index in [0.29, 0.717) is 24.0 Å². The van der Waals surface area contributed by atoms with E-state index in [0.717, 1.165) is 18.8 Å². The molecule has 3 atom stereocenters. The van der Waals surface area contributed by atoms with Crippen molar-refractivity contribution in [3.05, 3.63) is 0 Å². The van der Waals surface area contributed by atoms with Crippen molar-refractivity contribution in [2.75, 3.05) is 0 Å². The molecule has 0 spiro atoms. The summed E-state index contributed by atoms with van der Waals surface area (Å²) in [6.07, 6.45) is 7.89. The minimum atomic E-state index is 0.162. The van der Waals surface area contributed by atoms with Crippen molar-refractivity contribution in [1.82, 2.24) is 0 Å². The molecule has 86 valence electrons. The van der Waals surface area contributed by atoms with E-state index in [-0.39, 0.29) is 6.04 Å². The highest BCUT2D eigenvalue weighted by atomic mass is 16.1. The molecule has 15 heavy (non-hydrogen) atoms. The van der Waals surface area contributed by atoms with Gasteiger partial charge in [-0.3, -0.25) is 4.79 Å². The van der Waals surface area contributed by atoms with Crippen LogP contribution in [0.1, 0.15) is 51.9 Å². The maximum absolute atomic E-state index is 12.0. The van der Waals surface area contributed by atoms with E-state index in [4.69, 9.17) is 5.73 Å². The van der Waals surface area contributed by atoms with Crippen LogP contribution in [0.5, 0.6) is 0 Å². The Morgan fingerprint density at radius 3 is 2.67 bits per heavy atom. The Balaban J connectivity index is 1.78. The maximum Gasteiger partial charge on any atom is 0.137 e. The lowest BCUT2D eigenvalue weighted by molar-refractivity contribution is -0.124. The zero-order valence-electron chi connectivity index (χ0n) is 9.74. The number of hydrogen-bond donors (Lipinski definition) is 1. The van der Waals surface area contributed by atoms with Crippen LogP contribution in [0.4, 0.5) is 0 Å². The van der Waals surface area contributed by atoms with Crippen LogP contribution in [0.2, 0.25) is 0 Å². The van der Waals surface area contributed by atoms with Crippen LogP contribution in [0.3, 0.4) is 0 Å². The zero-order valence-corrected chi connectivity index (χ0v) is 9.74. The minimum absolute atomic E-state index is 0.162. The third-order valence-corrected chi connectivity index (χ3v) is 4.06. The predicted octanol–water partition coefficient (Wildman–Crippen LogP) is 2.51. The second kappa shape index (κ2) is 4.65. The molecule has 0 aliphatic heterocycles. The maximum atomic E-state index is 12.0. The average Bonchev–Trinajstić information content (AvgIpc) is 3.00. The largest absolute Gasteiger partial charge is 0.327 e. The van der Waals surface area contributed by atoms with Gasteiger partial charge in [0.2, 0.25) is 0 Å². The SMILES string of the molecule is CC1CCCC(C(=O)CC(N)C2CC2)C1. The van der Waals surface area contributed by atoms with Gasteiger partial charge in [-0.2, -0.15) is 0 Å². The van der Waals surface area contributed by atoms with E-state index in [2.05, 4.69) is 6.92 Å². The molecule has 2 aliphatic carbocycles. The molecule has 0 amide bonds. The first kappa shape index (κ1) is 11.1. The first-order valence-electron chi connectivity index (χ1n) is 6.45. The molecule has 0 aromatic carbocycles. The Labute approximate surface area is 92.6 Å². The molecule has 2 fully saturated rings. The number of rotatable bonds is 4. The fraction of sp³-hybridized carbons (Fsp3) is 0.923. The van der Waals surface area contributed by atoms with Crippen molar-refractivity contribution >= 4 is 5.78 Å². The van der Waals surface area contributed by atoms with Crippen LogP contribution in [0, 0.1) is 17.8 Å². The molecule has 0 radical (unpaired) electrons. The summed E-state index contributed by atoms with van der Waals surface area (Å²) >= 11 is 0. The molecule has 0 bridgehead atoms. The van der Waals surface area contributed by atoms with Crippen molar-refractivity contribution in [2.45, 2.75) is 57.9 Å². The highest BCUT2D eigenvalue weighted by molar-refractivity contribution is 5.81. The average molecular weight is 209 g/mol. The quantitative estimate of drug-likeness (QED) is 0.773. The number of ketones is 1. The van der Waals surface area contributed by atoms with Gasteiger partial charge < -0.3 is 5.73 Å². The smallest absolute Gasteiger partial charge is 0.137 e. The minimum Gasteiger partial charge on any atom is -0.327 e. The monoisotopic (exact) mass is 209 g/mol. The van der Waals surface area contributed by atoms with E-state index < -0.39 is 0 Å². The first-order chi connectivity index (χ1) is 7.16. The molecule has 0 heterocycles. The lowest BCUT2D eigenvalue weighted by Crippen LogP contribution is -2.30. The Morgan fingerprint density at radius 1 is 1.33 bits per heavy atom. The molecular formula is C13H23NO. The highest BCUT2D eigenvalue weighted by Gasteiger charge is 2.32. The molecule has 0 aromatic rings. The second-order valence-electron chi connectivity index (χ2n) is 5.64. The Kier molecular flexibility index (Phi) is 3.45. The summed E-state index contributed by atoms with van der Waals surface area (Å²) in [4.78, 5) is 12.0. The van der Waals surface area contributed by atoms with Crippen LogP contribution in [-0.2, 0) is 4.79 Å². The number of carbonyl (C=O) groups excluding carboxylic acids is 1. The molecular weight excluding hydrogens is 186 g/mol. The van der Waals surface area contributed by atoms with E-state index in [1.165, 1.54) is 25.7 Å².